The molecule has 0 bridgehead atoms. The minimum absolute atomic E-state index is 0.0223. The number of aromatic nitrogens is 1. The summed E-state index contributed by atoms with van der Waals surface area (Å²) < 4.78 is 54.2. The fraction of sp³-hybridized carbons (Fsp3) is 0.438. The van der Waals surface area contributed by atoms with Crippen molar-refractivity contribution in [3.63, 3.8) is 0 Å². The molecule has 2 heterocycles. The Morgan fingerprint density at radius 2 is 1.77 bits per heavy atom. The van der Waals surface area contributed by atoms with Crippen LogP contribution in [0.15, 0.2) is 48.8 Å². The Morgan fingerprint density at radius 1 is 1.04 bits per heavy atom. The highest BCUT2D eigenvalue weighted by atomic mass is 35.5. The fourth-order valence-electron chi connectivity index (χ4n) is 4.84. The predicted molar refractivity (Wildman–Crippen MR) is 167 cm³/mol. The SMILES string of the molecule is CN(O)Oc1cc(C(=O)OC(Cc2c(Cl)cncc2Cl)c2ccc(OC(F)F)c(OCC3CC3)c2)ccc1OCCN1CCOCC1. The van der Waals surface area contributed by atoms with Gasteiger partial charge in [0.05, 0.1) is 42.5 Å². The largest absolute Gasteiger partial charge is 0.489 e. The molecule has 1 aliphatic heterocycles. The summed E-state index contributed by atoms with van der Waals surface area (Å²) in [6, 6.07) is 8.77. The van der Waals surface area contributed by atoms with Gasteiger partial charge < -0.3 is 28.5 Å². The van der Waals surface area contributed by atoms with Crippen molar-refractivity contribution in [3.8, 4) is 23.0 Å². The van der Waals surface area contributed by atoms with E-state index in [1.165, 1.54) is 49.8 Å². The number of ether oxygens (including phenoxy) is 5. The van der Waals surface area contributed by atoms with E-state index in [4.69, 9.17) is 47.0 Å². The molecule has 1 saturated carbocycles. The zero-order chi connectivity index (χ0) is 33.3. The number of esters is 1. The minimum atomic E-state index is -3.06. The van der Waals surface area contributed by atoms with Gasteiger partial charge in [0.2, 0.25) is 0 Å². The first kappa shape index (κ1) is 34.9. The average molecular weight is 699 g/mol. The van der Waals surface area contributed by atoms with Crippen molar-refractivity contribution in [2.45, 2.75) is 32.0 Å². The molecule has 0 spiro atoms. The van der Waals surface area contributed by atoms with Crippen molar-refractivity contribution >= 4 is 29.2 Å². The molecule has 1 aliphatic carbocycles. The molecule has 2 aromatic carbocycles. The molecule has 47 heavy (non-hydrogen) atoms. The van der Waals surface area contributed by atoms with Gasteiger partial charge in [-0.1, -0.05) is 29.3 Å². The lowest BCUT2D eigenvalue weighted by atomic mass is 10.0. The van der Waals surface area contributed by atoms with Gasteiger partial charge in [-0.15, -0.1) is 0 Å². The van der Waals surface area contributed by atoms with Crippen molar-refractivity contribution in [2.24, 2.45) is 5.92 Å². The van der Waals surface area contributed by atoms with Crippen molar-refractivity contribution in [1.82, 2.24) is 15.1 Å². The molecule has 0 radical (unpaired) electrons. The number of nitrogens with zero attached hydrogens (tertiary/aromatic N) is 3. The van der Waals surface area contributed by atoms with Crippen LogP contribution in [-0.2, 0) is 15.9 Å². The Hall–Kier alpha value is -3.46. The monoisotopic (exact) mass is 697 g/mol. The van der Waals surface area contributed by atoms with Gasteiger partial charge in [-0.25, -0.2) is 4.79 Å². The molecule has 1 saturated heterocycles. The van der Waals surface area contributed by atoms with Crippen LogP contribution in [0.4, 0.5) is 8.78 Å². The van der Waals surface area contributed by atoms with Crippen molar-refractivity contribution in [1.29, 1.82) is 0 Å². The maximum absolute atomic E-state index is 13.6. The molecule has 3 aromatic rings. The Kier molecular flexibility index (Phi) is 12.3. The van der Waals surface area contributed by atoms with Crippen LogP contribution in [0.3, 0.4) is 0 Å². The topological polar surface area (TPSA) is 112 Å². The summed E-state index contributed by atoms with van der Waals surface area (Å²) >= 11 is 12.8. The molecule has 1 atom stereocenters. The normalized spacial score (nSPS) is 15.8. The second-order valence-electron chi connectivity index (χ2n) is 11.0. The first-order valence-corrected chi connectivity index (χ1v) is 15.8. The second-order valence-corrected chi connectivity index (χ2v) is 11.9. The molecule has 15 heteroatoms. The maximum Gasteiger partial charge on any atom is 0.387 e. The number of carbonyl (C=O) groups excluding carboxylic acids is 1. The van der Waals surface area contributed by atoms with Crippen LogP contribution in [0.2, 0.25) is 10.0 Å². The highest BCUT2D eigenvalue weighted by Gasteiger charge is 2.27. The second kappa shape index (κ2) is 16.6. The van der Waals surface area contributed by atoms with Gasteiger partial charge in [0.15, 0.2) is 23.0 Å². The first-order chi connectivity index (χ1) is 22.7. The smallest absolute Gasteiger partial charge is 0.387 e. The van der Waals surface area contributed by atoms with E-state index in [0.29, 0.717) is 61.0 Å². The van der Waals surface area contributed by atoms with E-state index >= 15 is 0 Å². The Bertz CT molecular complexity index is 1490. The third-order valence-corrected chi connectivity index (χ3v) is 8.15. The molecular weight excluding hydrogens is 663 g/mol. The zero-order valence-electron chi connectivity index (χ0n) is 25.6. The van der Waals surface area contributed by atoms with E-state index in [1.807, 2.05) is 0 Å². The third kappa shape index (κ3) is 10.3. The minimum Gasteiger partial charge on any atom is -0.489 e. The number of hydroxylamine groups is 2. The van der Waals surface area contributed by atoms with E-state index in [1.54, 1.807) is 6.07 Å². The standard InChI is InChI=1S/C32H35Cl2F2N3O8/c1-38(41)47-30-15-22(5-6-26(30)43-13-10-39-8-11-42-12-9-39)31(40)45-28(16-23-24(33)17-37-18-25(23)34)21-4-7-27(46-32(35)36)29(14-21)44-19-20-2-3-20/h4-7,14-15,17-18,20,28,32,41H,2-3,8-13,16,19H2,1H3. The van der Waals surface area contributed by atoms with Crippen LogP contribution in [0.1, 0.15) is 40.4 Å². The zero-order valence-corrected chi connectivity index (χ0v) is 27.1. The summed E-state index contributed by atoms with van der Waals surface area (Å²) in [4.78, 5) is 25.2. The molecule has 5 rings (SSSR count). The van der Waals surface area contributed by atoms with E-state index in [2.05, 4.69) is 14.6 Å². The number of hydrogen-bond donors (Lipinski definition) is 1. The summed E-state index contributed by atoms with van der Waals surface area (Å²) in [7, 11) is 1.27. The van der Waals surface area contributed by atoms with Gasteiger partial charge >= 0.3 is 12.6 Å². The summed E-state index contributed by atoms with van der Waals surface area (Å²) in [5, 5.41) is 10.8. The molecule has 0 amide bonds. The van der Waals surface area contributed by atoms with Gasteiger partial charge in [0.25, 0.3) is 0 Å². The molecule has 1 aromatic heterocycles. The number of alkyl halides is 2. The summed E-state index contributed by atoms with van der Waals surface area (Å²) in [6.07, 6.45) is 3.82. The number of morpholine rings is 1. The molecule has 2 aliphatic rings. The van der Waals surface area contributed by atoms with Gasteiger partial charge in [-0.3, -0.25) is 15.1 Å². The van der Waals surface area contributed by atoms with E-state index < -0.39 is 18.7 Å². The number of benzene rings is 2. The lowest BCUT2D eigenvalue weighted by molar-refractivity contribution is -0.262. The molecule has 2 fully saturated rings. The molecule has 1 N–H and O–H groups in total. The van der Waals surface area contributed by atoms with Crippen LogP contribution in [0.25, 0.3) is 0 Å². The number of rotatable bonds is 16. The Labute approximate surface area is 280 Å². The summed E-state index contributed by atoms with van der Waals surface area (Å²) in [5.74, 6) is -0.101. The van der Waals surface area contributed by atoms with Crippen molar-refractivity contribution < 1.29 is 47.3 Å². The van der Waals surface area contributed by atoms with Crippen LogP contribution in [-0.4, -0.2) is 86.0 Å². The summed E-state index contributed by atoms with van der Waals surface area (Å²) in [5.41, 5.74) is 0.968. The van der Waals surface area contributed by atoms with Gasteiger partial charge in [-0.05, 0) is 59.4 Å². The van der Waals surface area contributed by atoms with Crippen LogP contribution in [0.5, 0.6) is 23.0 Å². The van der Waals surface area contributed by atoms with Gasteiger partial charge in [0, 0.05) is 44.5 Å². The molecule has 11 nitrogen and oxygen atoms in total. The molecule has 1 unspecified atom stereocenters. The molecule has 254 valence electrons. The van der Waals surface area contributed by atoms with Crippen LogP contribution < -0.4 is 19.0 Å². The highest BCUT2D eigenvalue weighted by Crippen LogP contribution is 2.38. The highest BCUT2D eigenvalue weighted by molar-refractivity contribution is 6.35. The Morgan fingerprint density at radius 3 is 2.45 bits per heavy atom. The average Bonchev–Trinajstić information content (AvgIpc) is 3.87. The predicted octanol–water partition coefficient (Wildman–Crippen LogP) is 6.25. The van der Waals surface area contributed by atoms with Gasteiger partial charge in [0.1, 0.15) is 12.7 Å². The number of pyridine rings is 1. The lowest BCUT2D eigenvalue weighted by Gasteiger charge is -2.26. The molecular formula is C32H35Cl2F2N3O8. The summed E-state index contributed by atoms with van der Waals surface area (Å²) in [6.45, 7) is 1.16. The maximum atomic E-state index is 13.6. The fourth-order valence-corrected chi connectivity index (χ4v) is 5.36. The quantitative estimate of drug-likeness (QED) is 0.136. The number of hydrogen-bond acceptors (Lipinski definition) is 11. The van der Waals surface area contributed by atoms with Crippen molar-refractivity contribution in [2.75, 3.05) is 53.1 Å². The number of halogens is 4. The van der Waals surface area contributed by atoms with Crippen molar-refractivity contribution in [3.05, 3.63) is 75.5 Å². The van der Waals surface area contributed by atoms with Gasteiger partial charge in [-0.2, -0.15) is 8.78 Å². The third-order valence-electron chi connectivity index (χ3n) is 7.50. The first-order valence-electron chi connectivity index (χ1n) is 15.0. The van der Waals surface area contributed by atoms with E-state index in [-0.39, 0.29) is 39.3 Å². The van der Waals surface area contributed by atoms with Crippen LogP contribution in [0, 0.1) is 5.92 Å². The van der Waals surface area contributed by atoms with Crippen LogP contribution >= 0.6 is 23.2 Å². The Balaban J connectivity index is 1.39. The number of carbonyl (C=O) groups is 1. The lowest BCUT2D eigenvalue weighted by Crippen LogP contribution is -2.38. The van der Waals surface area contributed by atoms with E-state index in [9.17, 15) is 18.8 Å². The van der Waals surface area contributed by atoms with E-state index in [0.717, 1.165) is 25.9 Å².